The number of hydrogen-bond acceptors (Lipinski definition) is 6. The maximum absolute atomic E-state index is 12.4. The summed E-state index contributed by atoms with van der Waals surface area (Å²) >= 11 is 1.32. The van der Waals surface area contributed by atoms with Crippen molar-refractivity contribution in [3.63, 3.8) is 0 Å². The van der Waals surface area contributed by atoms with E-state index in [1.807, 2.05) is 6.92 Å². The molecule has 1 saturated heterocycles. The Hall–Kier alpha value is -1.34. The number of rotatable bonds is 4. The summed E-state index contributed by atoms with van der Waals surface area (Å²) in [6, 6.07) is 0. The highest BCUT2D eigenvalue weighted by molar-refractivity contribution is 7.18. The average molecular weight is 284 g/mol. The van der Waals surface area contributed by atoms with Crippen LogP contribution in [-0.2, 0) is 4.74 Å². The van der Waals surface area contributed by atoms with Gasteiger partial charge >= 0.3 is 0 Å². The third-order valence-electron chi connectivity index (χ3n) is 3.17. The molecule has 2 heterocycles. The number of methoxy groups -OCH3 is 1. The van der Waals surface area contributed by atoms with Crippen LogP contribution in [0.5, 0.6) is 0 Å². The molecular formula is C12H20N4O2S. The number of nitrogens with two attached hydrogens (primary N) is 1. The first-order valence-corrected chi connectivity index (χ1v) is 7.29. The van der Waals surface area contributed by atoms with Crippen LogP contribution in [0.1, 0.15) is 29.4 Å². The van der Waals surface area contributed by atoms with Crippen molar-refractivity contribution < 1.29 is 9.53 Å². The van der Waals surface area contributed by atoms with Gasteiger partial charge in [-0.25, -0.2) is 4.98 Å². The lowest BCUT2D eigenvalue weighted by atomic mass is 10.1. The van der Waals surface area contributed by atoms with Crippen LogP contribution in [0.4, 0.5) is 10.9 Å². The van der Waals surface area contributed by atoms with Crippen LogP contribution in [0.25, 0.3) is 0 Å². The number of ether oxygens (including phenoxy) is 1. The van der Waals surface area contributed by atoms with Gasteiger partial charge in [0, 0.05) is 26.7 Å². The van der Waals surface area contributed by atoms with Crippen molar-refractivity contribution in [3.8, 4) is 0 Å². The quantitative estimate of drug-likeness (QED) is 0.873. The molecule has 19 heavy (non-hydrogen) atoms. The number of hydrogen-bond donors (Lipinski definition) is 2. The van der Waals surface area contributed by atoms with Crippen molar-refractivity contribution in [1.82, 2.24) is 9.88 Å². The summed E-state index contributed by atoms with van der Waals surface area (Å²) in [5, 5.41) is 3.78. The summed E-state index contributed by atoms with van der Waals surface area (Å²) in [4.78, 5) is 18.9. The molecule has 1 aliphatic rings. The molecular weight excluding hydrogens is 264 g/mol. The minimum atomic E-state index is -0.0408. The fourth-order valence-corrected chi connectivity index (χ4v) is 3.09. The van der Waals surface area contributed by atoms with Crippen LogP contribution < -0.4 is 11.1 Å². The number of aromatic nitrogens is 1. The Labute approximate surface area is 116 Å². The second-order valence-electron chi connectivity index (χ2n) is 4.51. The third kappa shape index (κ3) is 3.16. The molecule has 1 fully saturated rings. The molecule has 7 heteroatoms. The zero-order valence-electron chi connectivity index (χ0n) is 11.3. The van der Waals surface area contributed by atoms with Gasteiger partial charge in [-0.3, -0.25) is 4.79 Å². The monoisotopic (exact) mass is 284 g/mol. The van der Waals surface area contributed by atoms with Gasteiger partial charge in [-0.15, -0.1) is 0 Å². The number of carbonyl (C=O) groups is 1. The maximum Gasteiger partial charge on any atom is 0.267 e. The molecule has 0 saturated carbocycles. The predicted molar refractivity (Wildman–Crippen MR) is 76.6 cm³/mol. The largest absolute Gasteiger partial charge is 0.382 e. The van der Waals surface area contributed by atoms with Crippen molar-refractivity contribution in [3.05, 3.63) is 4.88 Å². The zero-order chi connectivity index (χ0) is 13.8. The number of anilines is 2. The van der Waals surface area contributed by atoms with Crippen LogP contribution in [0, 0.1) is 0 Å². The van der Waals surface area contributed by atoms with E-state index in [9.17, 15) is 4.79 Å². The van der Waals surface area contributed by atoms with Gasteiger partial charge in [-0.2, -0.15) is 0 Å². The Bertz CT molecular complexity index is 449. The van der Waals surface area contributed by atoms with E-state index in [0.29, 0.717) is 22.4 Å². The first kappa shape index (κ1) is 14.1. The molecule has 1 amide bonds. The number of carbonyl (C=O) groups excluding carboxylic acids is 1. The number of likely N-dealkylation sites (tertiary alicyclic amines) is 1. The van der Waals surface area contributed by atoms with Crippen molar-refractivity contribution in [2.24, 2.45) is 0 Å². The van der Waals surface area contributed by atoms with E-state index in [-0.39, 0.29) is 12.0 Å². The Kier molecular flexibility index (Phi) is 4.60. The van der Waals surface area contributed by atoms with Crippen LogP contribution in [0.15, 0.2) is 0 Å². The highest BCUT2D eigenvalue weighted by Gasteiger charge is 2.27. The first-order valence-electron chi connectivity index (χ1n) is 6.48. The summed E-state index contributed by atoms with van der Waals surface area (Å²) in [6.45, 7) is 4.12. The Morgan fingerprint density at radius 1 is 1.68 bits per heavy atom. The topological polar surface area (TPSA) is 80.5 Å². The lowest BCUT2D eigenvalue weighted by Crippen LogP contribution is -2.42. The summed E-state index contributed by atoms with van der Waals surface area (Å²) in [5.41, 5.74) is 5.83. The van der Waals surface area contributed by atoms with E-state index in [0.717, 1.165) is 25.9 Å². The molecule has 1 unspecified atom stereocenters. The second-order valence-corrected chi connectivity index (χ2v) is 5.51. The van der Waals surface area contributed by atoms with Gasteiger partial charge in [0.1, 0.15) is 10.7 Å². The highest BCUT2D eigenvalue weighted by Crippen LogP contribution is 2.27. The van der Waals surface area contributed by atoms with Crippen LogP contribution in [0.2, 0.25) is 0 Å². The lowest BCUT2D eigenvalue weighted by molar-refractivity contribution is 0.0272. The lowest BCUT2D eigenvalue weighted by Gasteiger charge is -2.31. The molecule has 0 bridgehead atoms. The molecule has 2 rings (SSSR count). The fourth-order valence-electron chi connectivity index (χ4n) is 2.17. The molecule has 1 aromatic rings. The number of amides is 1. The van der Waals surface area contributed by atoms with E-state index in [1.54, 1.807) is 12.0 Å². The number of nitrogens with zero attached hydrogens (tertiary/aromatic N) is 2. The third-order valence-corrected chi connectivity index (χ3v) is 4.19. The predicted octanol–water partition coefficient (Wildman–Crippen LogP) is 1.41. The maximum atomic E-state index is 12.4. The van der Waals surface area contributed by atoms with Gasteiger partial charge in [0.05, 0.1) is 6.10 Å². The van der Waals surface area contributed by atoms with E-state index in [1.165, 1.54) is 11.3 Å². The minimum Gasteiger partial charge on any atom is -0.382 e. The average Bonchev–Trinajstić information content (AvgIpc) is 2.79. The van der Waals surface area contributed by atoms with E-state index in [4.69, 9.17) is 10.5 Å². The van der Waals surface area contributed by atoms with E-state index >= 15 is 0 Å². The fraction of sp³-hybridized carbons (Fsp3) is 0.667. The molecule has 106 valence electrons. The smallest absolute Gasteiger partial charge is 0.267 e. The molecule has 1 aliphatic heterocycles. The molecule has 0 spiro atoms. The van der Waals surface area contributed by atoms with Gasteiger partial charge in [0.25, 0.3) is 5.91 Å². The minimum absolute atomic E-state index is 0.0408. The first-order chi connectivity index (χ1) is 9.15. The summed E-state index contributed by atoms with van der Waals surface area (Å²) in [6.07, 6.45) is 2.09. The molecule has 3 N–H and O–H groups in total. The van der Waals surface area contributed by atoms with Gasteiger partial charge < -0.3 is 20.7 Å². The molecule has 1 atom stereocenters. The zero-order valence-corrected chi connectivity index (χ0v) is 12.1. The Balaban J connectivity index is 2.10. The SMILES string of the molecule is CCNc1nc(N)c(C(=O)N2CCCC(OC)C2)s1. The molecule has 0 aromatic carbocycles. The summed E-state index contributed by atoms with van der Waals surface area (Å²) < 4.78 is 5.33. The number of nitrogens with one attached hydrogen (secondary N) is 1. The van der Waals surface area contributed by atoms with Crippen LogP contribution >= 0.6 is 11.3 Å². The van der Waals surface area contributed by atoms with Gasteiger partial charge in [0.2, 0.25) is 0 Å². The van der Waals surface area contributed by atoms with Crippen molar-refractivity contribution >= 4 is 28.2 Å². The molecule has 6 nitrogen and oxygen atoms in total. The Morgan fingerprint density at radius 3 is 3.16 bits per heavy atom. The van der Waals surface area contributed by atoms with E-state index in [2.05, 4.69) is 10.3 Å². The van der Waals surface area contributed by atoms with Crippen LogP contribution in [-0.4, -0.2) is 48.6 Å². The van der Waals surface area contributed by atoms with Gasteiger partial charge in [-0.05, 0) is 19.8 Å². The van der Waals surface area contributed by atoms with Gasteiger partial charge in [-0.1, -0.05) is 11.3 Å². The molecule has 1 aromatic heterocycles. The van der Waals surface area contributed by atoms with Crippen LogP contribution in [0.3, 0.4) is 0 Å². The number of thiazole rings is 1. The molecule has 0 radical (unpaired) electrons. The number of nitrogen functional groups attached to an aromatic ring is 1. The standard InChI is InChI=1S/C12H20N4O2S/c1-3-14-12-15-10(13)9(19-12)11(17)16-6-4-5-8(7-16)18-2/h8H,3-7,13H2,1-2H3,(H,14,15). The van der Waals surface area contributed by atoms with Crippen molar-refractivity contribution in [1.29, 1.82) is 0 Å². The summed E-state index contributed by atoms with van der Waals surface area (Å²) in [5.74, 6) is 0.270. The normalized spacial score (nSPS) is 19.5. The second kappa shape index (κ2) is 6.21. The summed E-state index contributed by atoms with van der Waals surface area (Å²) in [7, 11) is 1.68. The highest BCUT2D eigenvalue weighted by atomic mass is 32.1. The van der Waals surface area contributed by atoms with Gasteiger partial charge in [0.15, 0.2) is 5.13 Å². The number of piperidine rings is 1. The van der Waals surface area contributed by atoms with Crippen molar-refractivity contribution in [2.45, 2.75) is 25.9 Å². The Morgan fingerprint density at radius 2 is 2.47 bits per heavy atom. The van der Waals surface area contributed by atoms with E-state index < -0.39 is 0 Å². The molecule has 0 aliphatic carbocycles. The van der Waals surface area contributed by atoms with Crippen molar-refractivity contribution in [2.75, 3.05) is 37.8 Å².